The number of halogens is 1. The molecule has 26 heavy (non-hydrogen) atoms. The van der Waals surface area contributed by atoms with E-state index in [1.165, 1.54) is 5.56 Å². The van der Waals surface area contributed by atoms with Crippen molar-refractivity contribution in [3.05, 3.63) is 46.6 Å². The van der Waals surface area contributed by atoms with Crippen LogP contribution in [0.5, 0.6) is 0 Å². The van der Waals surface area contributed by atoms with Crippen molar-refractivity contribution >= 4 is 17.5 Å². The highest BCUT2D eigenvalue weighted by molar-refractivity contribution is 6.30. The van der Waals surface area contributed by atoms with E-state index in [2.05, 4.69) is 27.2 Å². The van der Waals surface area contributed by atoms with Crippen LogP contribution < -0.4 is 0 Å². The average Bonchev–Trinajstić information content (AvgIpc) is 3.12. The van der Waals surface area contributed by atoms with E-state index in [1.807, 2.05) is 30.9 Å². The van der Waals surface area contributed by atoms with Crippen LogP contribution in [0.2, 0.25) is 5.02 Å². The van der Waals surface area contributed by atoms with Crippen LogP contribution in [0.25, 0.3) is 0 Å². The summed E-state index contributed by atoms with van der Waals surface area (Å²) in [6.07, 6.45) is 0.917. The van der Waals surface area contributed by atoms with Gasteiger partial charge in [-0.15, -0.1) is 0 Å². The number of rotatable bonds is 6. The maximum atomic E-state index is 12.4. The Morgan fingerprint density at radius 3 is 2.50 bits per heavy atom. The minimum atomic E-state index is 0.153. The van der Waals surface area contributed by atoms with Gasteiger partial charge in [-0.05, 0) is 17.7 Å². The second-order valence-corrected chi connectivity index (χ2v) is 7.42. The van der Waals surface area contributed by atoms with Crippen LogP contribution in [0.4, 0.5) is 0 Å². The van der Waals surface area contributed by atoms with Crippen LogP contribution in [0.15, 0.2) is 28.8 Å². The van der Waals surface area contributed by atoms with E-state index >= 15 is 0 Å². The summed E-state index contributed by atoms with van der Waals surface area (Å²) in [7, 11) is 0. The van der Waals surface area contributed by atoms with E-state index in [9.17, 15) is 4.79 Å². The molecule has 1 aliphatic rings. The highest BCUT2D eigenvalue weighted by Gasteiger charge is 2.21. The lowest BCUT2D eigenvalue weighted by molar-refractivity contribution is -0.133. The lowest BCUT2D eigenvalue weighted by atomic mass is 10.2. The molecule has 1 aliphatic heterocycles. The van der Waals surface area contributed by atoms with Crippen molar-refractivity contribution in [2.75, 3.05) is 26.2 Å². The summed E-state index contributed by atoms with van der Waals surface area (Å²) in [5, 5.41) is 4.69. The molecule has 1 aromatic carbocycles. The summed E-state index contributed by atoms with van der Waals surface area (Å²) in [5.74, 6) is 1.63. The minimum absolute atomic E-state index is 0.153. The fourth-order valence-electron chi connectivity index (χ4n) is 2.98. The molecule has 0 atom stereocenters. The maximum Gasteiger partial charge on any atom is 0.227 e. The van der Waals surface area contributed by atoms with E-state index in [0.717, 1.165) is 37.7 Å². The van der Waals surface area contributed by atoms with Gasteiger partial charge in [0.15, 0.2) is 5.82 Å². The third-order valence-corrected chi connectivity index (χ3v) is 4.85. The SMILES string of the molecule is CC(C)c1noc(CCC(=O)N2CCN(Cc3ccc(Cl)cc3)CC2)n1. The van der Waals surface area contributed by atoms with Crippen molar-refractivity contribution in [1.82, 2.24) is 19.9 Å². The standard InChI is InChI=1S/C19H25ClN4O2/c1-14(2)19-21-17(26-22-19)7-8-18(25)24-11-9-23(10-12-24)13-15-3-5-16(20)6-4-15/h3-6,14H,7-13H2,1-2H3. The maximum absolute atomic E-state index is 12.4. The first kappa shape index (κ1) is 18.9. The monoisotopic (exact) mass is 376 g/mol. The summed E-state index contributed by atoms with van der Waals surface area (Å²) in [5.41, 5.74) is 1.24. The number of hydrogen-bond acceptors (Lipinski definition) is 5. The fraction of sp³-hybridized carbons (Fsp3) is 0.526. The molecular formula is C19H25ClN4O2. The molecule has 0 aliphatic carbocycles. The van der Waals surface area contributed by atoms with Crippen molar-refractivity contribution < 1.29 is 9.32 Å². The van der Waals surface area contributed by atoms with Gasteiger partial charge in [-0.25, -0.2) is 0 Å². The van der Waals surface area contributed by atoms with E-state index in [-0.39, 0.29) is 11.8 Å². The predicted molar refractivity (Wildman–Crippen MR) is 100 cm³/mol. The third kappa shape index (κ3) is 5.05. The molecular weight excluding hydrogens is 352 g/mol. The summed E-state index contributed by atoms with van der Waals surface area (Å²) >= 11 is 5.93. The predicted octanol–water partition coefficient (Wildman–Crippen LogP) is 3.12. The third-order valence-electron chi connectivity index (χ3n) is 4.60. The topological polar surface area (TPSA) is 62.5 Å². The number of aryl methyl sites for hydroxylation is 1. The van der Waals surface area contributed by atoms with Gasteiger partial charge in [-0.3, -0.25) is 9.69 Å². The van der Waals surface area contributed by atoms with Crippen LogP contribution in [0.1, 0.15) is 43.5 Å². The van der Waals surface area contributed by atoms with Gasteiger partial charge in [0.2, 0.25) is 11.8 Å². The van der Waals surface area contributed by atoms with Gasteiger partial charge in [-0.2, -0.15) is 4.98 Å². The Balaban J connectivity index is 1.42. The lowest BCUT2D eigenvalue weighted by Crippen LogP contribution is -2.48. The molecule has 6 nitrogen and oxygen atoms in total. The average molecular weight is 377 g/mol. The second-order valence-electron chi connectivity index (χ2n) is 6.98. The lowest BCUT2D eigenvalue weighted by Gasteiger charge is -2.34. The molecule has 140 valence electrons. The second kappa shape index (κ2) is 8.64. The molecule has 2 heterocycles. The largest absolute Gasteiger partial charge is 0.340 e. The Kier molecular flexibility index (Phi) is 6.27. The molecule has 3 rings (SSSR count). The first-order chi connectivity index (χ1) is 12.5. The molecule has 0 bridgehead atoms. The van der Waals surface area contributed by atoms with Gasteiger partial charge in [0.25, 0.3) is 0 Å². The fourth-order valence-corrected chi connectivity index (χ4v) is 3.11. The smallest absolute Gasteiger partial charge is 0.227 e. The van der Waals surface area contributed by atoms with Crippen LogP contribution in [0.3, 0.4) is 0 Å². The minimum Gasteiger partial charge on any atom is -0.340 e. The highest BCUT2D eigenvalue weighted by Crippen LogP contribution is 2.14. The summed E-state index contributed by atoms with van der Waals surface area (Å²) in [6.45, 7) is 8.20. The van der Waals surface area contributed by atoms with Crippen molar-refractivity contribution in [2.45, 2.75) is 39.2 Å². The zero-order chi connectivity index (χ0) is 18.5. The summed E-state index contributed by atoms with van der Waals surface area (Å²) < 4.78 is 5.21. The number of amides is 1. The van der Waals surface area contributed by atoms with Crippen LogP contribution >= 0.6 is 11.6 Å². The summed E-state index contributed by atoms with van der Waals surface area (Å²) in [6, 6.07) is 7.93. The molecule has 1 fully saturated rings. The molecule has 0 N–H and O–H groups in total. The van der Waals surface area contributed by atoms with E-state index in [4.69, 9.17) is 16.1 Å². The van der Waals surface area contributed by atoms with Crippen molar-refractivity contribution in [3.8, 4) is 0 Å². The van der Waals surface area contributed by atoms with Gasteiger partial charge in [0.05, 0.1) is 0 Å². The Labute approximate surface area is 159 Å². The Hall–Kier alpha value is -1.92. The summed E-state index contributed by atoms with van der Waals surface area (Å²) in [4.78, 5) is 21.0. The molecule has 2 aromatic rings. The Bertz CT molecular complexity index is 721. The van der Waals surface area contributed by atoms with Gasteiger partial charge in [0, 0.05) is 56.5 Å². The number of carbonyl (C=O) groups is 1. The van der Waals surface area contributed by atoms with Crippen LogP contribution in [-0.4, -0.2) is 52.0 Å². The molecule has 1 saturated heterocycles. The van der Waals surface area contributed by atoms with E-state index in [0.29, 0.717) is 24.6 Å². The van der Waals surface area contributed by atoms with Crippen molar-refractivity contribution in [3.63, 3.8) is 0 Å². The van der Waals surface area contributed by atoms with Gasteiger partial charge in [0.1, 0.15) is 0 Å². The van der Waals surface area contributed by atoms with E-state index in [1.54, 1.807) is 0 Å². The zero-order valence-electron chi connectivity index (χ0n) is 15.3. The van der Waals surface area contributed by atoms with Gasteiger partial charge >= 0.3 is 0 Å². The zero-order valence-corrected chi connectivity index (χ0v) is 16.1. The Morgan fingerprint density at radius 2 is 1.88 bits per heavy atom. The first-order valence-corrected chi connectivity index (χ1v) is 9.46. The number of piperazine rings is 1. The van der Waals surface area contributed by atoms with Gasteiger partial charge < -0.3 is 9.42 Å². The highest BCUT2D eigenvalue weighted by atomic mass is 35.5. The Morgan fingerprint density at radius 1 is 1.19 bits per heavy atom. The van der Waals surface area contributed by atoms with Crippen LogP contribution in [0, 0.1) is 0 Å². The number of carbonyl (C=O) groups excluding carboxylic acids is 1. The molecule has 0 saturated carbocycles. The molecule has 1 amide bonds. The molecule has 0 radical (unpaired) electrons. The molecule has 0 unspecified atom stereocenters. The van der Waals surface area contributed by atoms with E-state index < -0.39 is 0 Å². The van der Waals surface area contributed by atoms with Crippen LogP contribution in [-0.2, 0) is 17.8 Å². The number of hydrogen-bond donors (Lipinski definition) is 0. The first-order valence-electron chi connectivity index (χ1n) is 9.08. The van der Waals surface area contributed by atoms with Crippen molar-refractivity contribution in [2.24, 2.45) is 0 Å². The number of nitrogens with zero attached hydrogens (tertiary/aromatic N) is 4. The number of aromatic nitrogens is 2. The number of benzene rings is 1. The van der Waals surface area contributed by atoms with Gasteiger partial charge in [-0.1, -0.05) is 42.7 Å². The van der Waals surface area contributed by atoms with Crippen molar-refractivity contribution in [1.29, 1.82) is 0 Å². The molecule has 1 aromatic heterocycles. The normalized spacial score (nSPS) is 15.6. The quantitative estimate of drug-likeness (QED) is 0.775. The molecule has 0 spiro atoms. The molecule has 7 heteroatoms.